The van der Waals surface area contributed by atoms with E-state index < -0.39 is 27.2 Å². The largest absolute Gasteiger partial charge is 0.353 e. The normalized spacial score (nSPS) is 23.3. The van der Waals surface area contributed by atoms with Crippen LogP contribution < -0.4 is 15.9 Å². The van der Waals surface area contributed by atoms with Gasteiger partial charge in [-0.1, -0.05) is 11.6 Å². The Morgan fingerprint density at radius 3 is 2.59 bits per heavy atom. The second-order valence-corrected chi connectivity index (χ2v) is 12.5. The Morgan fingerprint density at radius 1 is 1.15 bits per heavy atom. The van der Waals surface area contributed by atoms with Crippen molar-refractivity contribution in [1.29, 1.82) is 0 Å². The van der Waals surface area contributed by atoms with Crippen molar-refractivity contribution in [3.05, 3.63) is 51.4 Å². The van der Waals surface area contributed by atoms with Gasteiger partial charge in [-0.3, -0.25) is 4.57 Å². The molecule has 34 heavy (non-hydrogen) atoms. The third-order valence-electron chi connectivity index (χ3n) is 6.47. The molecule has 0 amide bonds. The van der Waals surface area contributed by atoms with Crippen molar-refractivity contribution >= 4 is 49.9 Å². The number of rotatable bonds is 2. The Hall–Kier alpha value is -2.21. The minimum atomic E-state index is -3.12. The highest BCUT2D eigenvalue weighted by Crippen LogP contribution is 2.46. The molecular formula is C22H19ClF2N4O3S2. The zero-order chi connectivity index (χ0) is 23.8. The first-order valence-electron chi connectivity index (χ1n) is 10.8. The van der Waals surface area contributed by atoms with Crippen molar-refractivity contribution < 1.29 is 17.2 Å². The number of hydrogen-bond acceptors (Lipinski definition) is 7. The summed E-state index contributed by atoms with van der Waals surface area (Å²) in [6.45, 7) is 1.21. The first kappa shape index (κ1) is 22.3. The lowest BCUT2D eigenvalue weighted by molar-refractivity contribution is 0.387. The summed E-state index contributed by atoms with van der Waals surface area (Å²) in [5.74, 6) is -0.328. The van der Waals surface area contributed by atoms with E-state index in [4.69, 9.17) is 11.6 Å². The Labute approximate surface area is 203 Å². The van der Waals surface area contributed by atoms with Crippen LogP contribution in [-0.2, 0) is 16.4 Å². The summed E-state index contributed by atoms with van der Waals surface area (Å²) in [5.41, 5.74) is 0.779. The fourth-order valence-corrected chi connectivity index (χ4v) is 8.56. The summed E-state index contributed by atoms with van der Waals surface area (Å²) in [5, 5.41) is 4.26. The standard InChI is InChI=1S/C22H19ClF2N4O3S2/c23-16-6-15-19-20(18(16)14-2-1-11(24)5-17(14)25)33-4-3-29(19)22(30)27-21(15)28-7-12-9-34(31,32)10-13(8-28)26-12/h1-2,5-6,12-13,26H,3-4,7-10H2. The highest BCUT2D eigenvalue weighted by molar-refractivity contribution is 7.99. The smallest absolute Gasteiger partial charge is 0.350 e. The van der Waals surface area contributed by atoms with Crippen LogP contribution in [0.4, 0.5) is 14.6 Å². The van der Waals surface area contributed by atoms with Crippen LogP contribution in [0.25, 0.3) is 22.0 Å². The summed E-state index contributed by atoms with van der Waals surface area (Å²) in [6, 6.07) is 4.50. The molecule has 4 heterocycles. The molecule has 3 aromatic rings. The Balaban J connectivity index is 1.56. The number of benzene rings is 2. The number of piperazine rings is 1. The van der Waals surface area contributed by atoms with E-state index >= 15 is 0 Å². The number of hydrogen-bond donors (Lipinski definition) is 1. The maximum Gasteiger partial charge on any atom is 0.350 e. The fourth-order valence-electron chi connectivity index (χ4n) is 5.23. The Bertz CT molecular complexity index is 1510. The molecule has 1 N–H and O–H groups in total. The van der Waals surface area contributed by atoms with Crippen molar-refractivity contribution in [3.8, 4) is 11.1 Å². The van der Waals surface area contributed by atoms with Crippen molar-refractivity contribution in [2.45, 2.75) is 23.5 Å². The van der Waals surface area contributed by atoms with E-state index in [0.717, 1.165) is 6.07 Å². The number of sulfone groups is 1. The van der Waals surface area contributed by atoms with Crippen LogP contribution in [0.5, 0.6) is 0 Å². The lowest BCUT2D eigenvalue weighted by Gasteiger charge is -2.43. The van der Waals surface area contributed by atoms with Crippen LogP contribution in [0.1, 0.15) is 0 Å². The van der Waals surface area contributed by atoms with E-state index in [1.54, 1.807) is 10.6 Å². The molecule has 0 saturated carbocycles. The SMILES string of the molecule is O=c1nc(N2CC3CS(=O)(=O)CC(C2)N3)c2cc(Cl)c(-c3ccc(F)cc3F)c3c2n1CCS3. The van der Waals surface area contributed by atoms with E-state index in [9.17, 15) is 22.0 Å². The molecule has 2 bridgehead atoms. The van der Waals surface area contributed by atoms with Crippen molar-refractivity contribution in [3.63, 3.8) is 0 Å². The van der Waals surface area contributed by atoms with Gasteiger partial charge >= 0.3 is 5.69 Å². The third-order valence-corrected chi connectivity index (χ3v) is 9.67. The zero-order valence-electron chi connectivity index (χ0n) is 17.7. The molecule has 178 valence electrons. The monoisotopic (exact) mass is 524 g/mol. The lowest BCUT2D eigenvalue weighted by atomic mass is 10.0. The molecule has 2 saturated heterocycles. The number of nitrogens with one attached hydrogen (secondary N) is 1. The van der Waals surface area contributed by atoms with Gasteiger partial charge in [-0.15, -0.1) is 11.8 Å². The number of nitrogens with zero attached hydrogens (tertiary/aromatic N) is 3. The van der Waals surface area contributed by atoms with Crippen LogP contribution in [-0.4, -0.2) is 60.4 Å². The zero-order valence-corrected chi connectivity index (χ0v) is 20.1. The topological polar surface area (TPSA) is 84.3 Å². The number of halogens is 3. The van der Waals surface area contributed by atoms with E-state index in [2.05, 4.69) is 10.3 Å². The molecule has 2 aromatic carbocycles. The predicted octanol–water partition coefficient (Wildman–Crippen LogP) is 2.68. The molecule has 0 radical (unpaired) electrons. The van der Waals surface area contributed by atoms with Gasteiger partial charge in [-0.05, 0) is 18.2 Å². The summed E-state index contributed by atoms with van der Waals surface area (Å²) >= 11 is 8.16. The van der Waals surface area contributed by atoms with Gasteiger partial charge in [0.25, 0.3) is 0 Å². The number of anilines is 1. The summed E-state index contributed by atoms with van der Waals surface area (Å²) in [6.07, 6.45) is 0. The highest BCUT2D eigenvalue weighted by atomic mass is 35.5. The molecule has 1 aromatic heterocycles. The average Bonchev–Trinajstić information content (AvgIpc) is 2.75. The first-order chi connectivity index (χ1) is 16.2. The molecule has 2 unspecified atom stereocenters. The summed E-state index contributed by atoms with van der Waals surface area (Å²) < 4.78 is 54.2. The molecular weight excluding hydrogens is 506 g/mol. The lowest BCUT2D eigenvalue weighted by Crippen LogP contribution is -2.64. The molecule has 2 fully saturated rings. The second-order valence-electron chi connectivity index (χ2n) is 8.84. The van der Waals surface area contributed by atoms with Gasteiger partial charge in [-0.25, -0.2) is 22.0 Å². The first-order valence-corrected chi connectivity index (χ1v) is 14.0. The average molecular weight is 525 g/mol. The van der Waals surface area contributed by atoms with Crippen molar-refractivity contribution in [1.82, 2.24) is 14.9 Å². The molecule has 3 aliphatic heterocycles. The summed E-state index contributed by atoms with van der Waals surface area (Å²) in [7, 11) is -3.12. The number of thioether (sulfide) groups is 1. The highest BCUT2D eigenvalue weighted by Gasteiger charge is 2.38. The predicted molar refractivity (Wildman–Crippen MR) is 129 cm³/mol. The minimum Gasteiger partial charge on any atom is -0.353 e. The Kier molecular flexibility index (Phi) is 5.18. The van der Waals surface area contributed by atoms with Crippen LogP contribution in [0.15, 0.2) is 34.0 Å². The van der Waals surface area contributed by atoms with Crippen LogP contribution in [0.3, 0.4) is 0 Å². The van der Waals surface area contributed by atoms with Gasteiger partial charge in [0.1, 0.15) is 17.5 Å². The van der Waals surface area contributed by atoms with E-state index in [-0.39, 0.29) is 34.2 Å². The molecule has 2 atom stereocenters. The van der Waals surface area contributed by atoms with Gasteiger partial charge in [0.05, 0.1) is 22.0 Å². The molecule has 7 nitrogen and oxygen atoms in total. The Morgan fingerprint density at radius 2 is 1.88 bits per heavy atom. The maximum absolute atomic E-state index is 14.7. The molecule has 0 spiro atoms. The molecule has 0 aliphatic carbocycles. The van der Waals surface area contributed by atoms with Crippen LogP contribution >= 0.6 is 23.4 Å². The van der Waals surface area contributed by atoms with Crippen LogP contribution in [0, 0.1) is 11.6 Å². The third kappa shape index (κ3) is 3.60. The van der Waals surface area contributed by atoms with Crippen molar-refractivity contribution in [2.75, 3.05) is 35.2 Å². The van der Waals surface area contributed by atoms with E-state index in [1.165, 1.54) is 23.9 Å². The molecule has 3 aliphatic rings. The maximum atomic E-state index is 14.7. The number of aromatic nitrogens is 2. The van der Waals surface area contributed by atoms with Gasteiger partial charge in [0, 0.05) is 64.9 Å². The van der Waals surface area contributed by atoms with Gasteiger partial charge in [-0.2, -0.15) is 4.98 Å². The van der Waals surface area contributed by atoms with E-state index in [0.29, 0.717) is 52.6 Å². The van der Waals surface area contributed by atoms with Crippen LogP contribution in [0.2, 0.25) is 5.02 Å². The van der Waals surface area contributed by atoms with Gasteiger partial charge in [0.15, 0.2) is 9.84 Å². The van der Waals surface area contributed by atoms with Gasteiger partial charge in [0.2, 0.25) is 0 Å². The number of aryl methyl sites for hydroxylation is 1. The fraction of sp³-hybridized carbons (Fsp3) is 0.364. The van der Waals surface area contributed by atoms with E-state index in [1.807, 2.05) is 4.90 Å². The quantitative estimate of drug-likeness (QED) is 0.552. The number of fused-ring (bicyclic) bond motifs is 2. The molecule has 6 rings (SSSR count). The minimum absolute atomic E-state index is 0.0326. The van der Waals surface area contributed by atoms with Crippen molar-refractivity contribution in [2.24, 2.45) is 0 Å². The van der Waals surface area contributed by atoms with Gasteiger partial charge < -0.3 is 10.2 Å². The summed E-state index contributed by atoms with van der Waals surface area (Å²) in [4.78, 5) is 20.0. The second kappa shape index (κ2) is 7.91. The molecule has 12 heteroatoms.